The van der Waals surface area contributed by atoms with Crippen molar-refractivity contribution in [2.75, 3.05) is 13.2 Å². The van der Waals surface area contributed by atoms with Gasteiger partial charge in [-0.3, -0.25) is 4.79 Å². The van der Waals surface area contributed by atoms with E-state index in [4.69, 9.17) is 9.47 Å². The summed E-state index contributed by atoms with van der Waals surface area (Å²) in [6.07, 6.45) is 2.46. The zero-order chi connectivity index (χ0) is 14.4. The van der Waals surface area contributed by atoms with Gasteiger partial charge in [0, 0.05) is 13.2 Å². The Balaban J connectivity index is 1.87. The summed E-state index contributed by atoms with van der Waals surface area (Å²) < 4.78 is 11.3. The lowest BCUT2D eigenvalue weighted by Gasteiger charge is -2.19. The second kappa shape index (κ2) is 7.29. The molecular formula is C16H23NO3. The van der Waals surface area contributed by atoms with Crippen LogP contribution in [0.3, 0.4) is 0 Å². The zero-order valence-electron chi connectivity index (χ0n) is 12.2. The molecule has 0 bridgehead atoms. The molecule has 1 amide bonds. The molecule has 0 aliphatic carbocycles. The van der Waals surface area contributed by atoms with Crippen molar-refractivity contribution in [2.24, 2.45) is 0 Å². The Morgan fingerprint density at radius 1 is 1.50 bits per heavy atom. The van der Waals surface area contributed by atoms with Gasteiger partial charge in [0.25, 0.3) is 5.91 Å². The fourth-order valence-electron chi connectivity index (χ4n) is 2.30. The molecule has 1 fully saturated rings. The summed E-state index contributed by atoms with van der Waals surface area (Å²) >= 11 is 0. The largest absolute Gasteiger partial charge is 0.480 e. The number of carbonyl (C=O) groups is 1. The Morgan fingerprint density at radius 3 is 2.95 bits per heavy atom. The Kier molecular flexibility index (Phi) is 5.41. The molecule has 2 rings (SSSR count). The molecule has 2 atom stereocenters. The molecule has 1 aromatic rings. The highest BCUT2D eigenvalue weighted by Gasteiger charge is 2.21. The van der Waals surface area contributed by atoms with Crippen LogP contribution in [-0.4, -0.2) is 31.3 Å². The summed E-state index contributed by atoms with van der Waals surface area (Å²) in [4.78, 5) is 12.2. The summed E-state index contributed by atoms with van der Waals surface area (Å²) in [5.74, 6) is 0.706. The van der Waals surface area contributed by atoms with E-state index in [2.05, 4.69) is 5.32 Å². The highest BCUT2D eigenvalue weighted by molar-refractivity contribution is 5.81. The fourth-order valence-corrected chi connectivity index (χ4v) is 2.30. The normalized spacial score (nSPS) is 19.6. The average Bonchev–Trinajstić information content (AvgIpc) is 2.97. The van der Waals surface area contributed by atoms with Crippen molar-refractivity contribution in [1.82, 2.24) is 5.32 Å². The second-order valence-electron chi connectivity index (χ2n) is 5.16. The highest BCUT2D eigenvalue weighted by atomic mass is 16.5. The van der Waals surface area contributed by atoms with Crippen LogP contribution in [0.1, 0.15) is 31.7 Å². The molecule has 4 nitrogen and oxygen atoms in total. The molecule has 0 radical (unpaired) electrons. The van der Waals surface area contributed by atoms with Gasteiger partial charge >= 0.3 is 0 Å². The number of nitrogens with one attached hydrogen (secondary N) is 1. The predicted octanol–water partition coefficient (Wildman–Crippen LogP) is 2.45. The van der Waals surface area contributed by atoms with Crippen molar-refractivity contribution < 1.29 is 14.3 Å². The van der Waals surface area contributed by atoms with Crippen molar-refractivity contribution in [3.8, 4) is 5.75 Å². The lowest BCUT2D eigenvalue weighted by atomic mass is 10.2. The van der Waals surface area contributed by atoms with Crippen molar-refractivity contribution in [3.63, 3.8) is 0 Å². The first-order chi connectivity index (χ1) is 9.70. The molecule has 0 aromatic heterocycles. The number of hydrogen-bond donors (Lipinski definition) is 1. The first-order valence-electron chi connectivity index (χ1n) is 7.32. The molecule has 1 aromatic carbocycles. The van der Waals surface area contributed by atoms with Gasteiger partial charge < -0.3 is 14.8 Å². The van der Waals surface area contributed by atoms with Crippen LogP contribution in [0.5, 0.6) is 5.75 Å². The van der Waals surface area contributed by atoms with Gasteiger partial charge in [0.05, 0.1) is 6.10 Å². The van der Waals surface area contributed by atoms with Gasteiger partial charge in [0.15, 0.2) is 6.10 Å². The first-order valence-corrected chi connectivity index (χ1v) is 7.32. The van der Waals surface area contributed by atoms with Crippen molar-refractivity contribution in [3.05, 3.63) is 29.8 Å². The SMILES string of the molecule is CC[C@H](Oc1ccccc1C)C(=O)NC[C@H]1CCCO1. The molecule has 0 saturated carbocycles. The van der Waals surface area contributed by atoms with Crippen LogP contribution in [0.15, 0.2) is 24.3 Å². The Labute approximate surface area is 120 Å². The van der Waals surface area contributed by atoms with Gasteiger partial charge in [-0.05, 0) is 37.8 Å². The predicted molar refractivity (Wildman–Crippen MR) is 77.9 cm³/mol. The lowest BCUT2D eigenvalue weighted by molar-refractivity contribution is -0.128. The number of carbonyl (C=O) groups excluding carboxylic acids is 1. The molecule has 0 unspecified atom stereocenters. The molecule has 0 spiro atoms. The minimum Gasteiger partial charge on any atom is -0.480 e. The minimum absolute atomic E-state index is 0.0637. The van der Waals surface area contributed by atoms with Gasteiger partial charge in [0.1, 0.15) is 5.75 Å². The Morgan fingerprint density at radius 2 is 2.30 bits per heavy atom. The fraction of sp³-hybridized carbons (Fsp3) is 0.562. The average molecular weight is 277 g/mol. The topological polar surface area (TPSA) is 47.6 Å². The molecule has 1 N–H and O–H groups in total. The van der Waals surface area contributed by atoms with E-state index in [9.17, 15) is 4.79 Å². The standard InChI is InChI=1S/C16H23NO3/c1-3-14(20-15-9-5-4-7-12(15)2)16(18)17-11-13-8-6-10-19-13/h4-5,7,9,13-14H,3,6,8,10-11H2,1-2H3,(H,17,18)/t13-,14+/m1/s1. The number of rotatable bonds is 6. The van der Waals surface area contributed by atoms with Crippen LogP contribution in [-0.2, 0) is 9.53 Å². The van der Waals surface area contributed by atoms with E-state index in [0.29, 0.717) is 13.0 Å². The van der Waals surface area contributed by atoms with Crippen LogP contribution in [0.4, 0.5) is 0 Å². The number of hydrogen-bond acceptors (Lipinski definition) is 3. The van der Waals surface area contributed by atoms with Crippen LogP contribution in [0, 0.1) is 6.92 Å². The third kappa shape index (κ3) is 3.97. The number of para-hydroxylation sites is 1. The summed E-state index contributed by atoms with van der Waals surface area (Å²) in [6.45, 7) is 5.31. The van der Waals surface area contributed by atoms with Crippen molar-refractivity contribution in [1.29, 1.82) is 0 Å². The Bertz CT molecular complexity index is 441. The van der Waals surface area contributed by atoms with Crippen LogP contribution in [0.25, 0.3) is 0 Å². The maximum absolute atomic E-state index is 12.2. The number of amides is 1. The third-order valence-corrected chi connectivity index (χ3v) is 3.55. The van der Waals surface area contributed by atoms with Crippen molar-refractivity contribution >= 4 is 5.91 Å². The van der Waals surface area contributed by atoms with Gasteiger partial charge in [0.2, 0.25) is 0 Å². The monoisotopic (exact) mass is 277 g/mol. The maximum atomic E-state index is 12.2. The minimum atomic E-state index is -0.447. The molecule has 1 aliphatic heterocycles. The molecule has 1 aliphatic rings. The van der Waals surface area contributed by atoms with E-state index in [1.807, 2.05) is 38.1 Å². The summed E-state index contributed by atoms with van der Waals surface area (Å²) in [5.41, 5.74) is 1.04. The quantitative estimate of drug-likeness (QED) is 0.869. The van der Waals surface area contributed by atoms with Crippen LogP contribution in [0.2, 0.25) is 0 Å². The molecule has 20 heavy (non-hydrogen) atoms. The lowest BCUT2D eigenvalue weighted by Crippen LogP contribution is -2.41. The summed E-state index contributed by atoms with van der Waals surface area (Å²) in [7, 11) is 0. The van der Waals surface area contributed by atoms with Crippen LogP contribution < -0.4 is 10.1 Å². The maximum Gasteiger partial charge on any atom is 0.261 e. The number of benzene rings is 1. The number of ether oxygens (including phenoxy) is 2. The van der Waals surface area contributed by atoms with Gasteiger partial charge in [-0.2, -0.15) is 0 Å². The first kappa shape index (κ1) is 14.9. The van der Waals surface area contributed by atoms with Crippen molar-refractivity contribution in [2.45, 2.75) is 45.3 Å². The van der Waals surface area contributed by atoms with E-state index in [-0.39, 0.29) is 12.0 Å². The van der Waals surface area contributed by atoms with E-state index in [1.54, 1.807) is 0 Å². The van der Waals surface area contributed by atoms with E-state index in [1.165, 1.54) is 0 Å². The van der Waals surface area contributed by atoms with Gasteiger partial charge in [-0.15, -0.1) is 0 Å². The molecule has 4 heteroatoms. The van der Waals surface area contributed by atoms with Crippen LogP contribution >= 0.6 is 0 Å². The molecule has 1 saturated heterocycles. The van der Waals surface area contributed by atoms with E-state index < -0.39 is 6.10 Å². The summed E-state index contributed by atoms with van der Waals surface area (Å²) in [6, 6.07) is 7.75. The number of aryl methyl sites for hydroxylation is 1. The van der Waals surface area contributed by atoms with Gasteiger partial charge in [-0.25, -0.2) is 0 Å². The Hall–Kier alpha value is -1.55. The second-order valence-corrected chi connectivity index (χ2v) is 5.16. The van der Waals surface area contributed by atoms with E-state index in [0.717, 1.165) is 30.8 Å². The molecular weight excluding hydrogens is 254 g/mol. The third-order valence-electron chi connectivity index (χ3n) is 3.55. The highest BCUT2D eigenvalue weighted by Crippen LogP contribution is 2.19. The van der Waals surface area contributed by atoms with E-state index >= 15 is 0 Å². The van der Waals surface area contributed by atoms with Gasteiger partial charge in [-0.1, -0.05) is 25.1 Å². The molecule has 110 valence electrons. The molecule has 1 heterocycles. The smallest absolute Gasteiger partial charge is 0.261 e. The summed E-state index contributed by atoms with van der Waals surface area (Å²) in [5, 5.41) is 2.93. The zero-order valence-corrected chi connectivity index (χ0v) is 12.2.